The molecule has 1 saturated heterocycles. The van der Waals surface area contributed by atoms with E-state index in [4.69, 9.17) is 4.74 Å². The SMILES string of the molecule is C[C@@H]1CCCCN1C(=O)[C@@H]1[C@@H]2CC[C@]3(CC(=O)c4ccccc4O3)[C@H]21. The lowest BCUT2D eigenvalue weighted by atomic mass is 9.84. The molecule has 132 valence electrons. The number of ketones is 1. The van der Waals surface area contributed by atoms with E-state index in [1.165, 1.54) is 6.42 Å². The fraction of sp³-hybridized carbons (Fsp3) is 0.619. The smallest absolute Gasteiger partial charge is 0.226 e. The van der Waals surface area contributed by atoms with Crippen molar-refractivity contribution in [1.82, 2.24) is 4.90 Å². The molecule has 3 fully saturated rings. The van der Waals surface area contributed by atoms with Crippen molar-refractivity contribution in [3.63, 3.8) is 0 Å². The normalized spacial score (nSPS) is 38.9. The van der Waals surface area contributed by atoms with E-state index >= 15 is 0 Å². The van der Waals surface area contributed by atoms with Gasteiger partial charge in [0, 0.05) is 24.4 Å². The number of carbonyl (C=O) groups is 2. The Morgan fingerprint density at radius 3 is 2.92 bits per heavy atom. The lowest BCUT2D eigenvalue weighted by Gasteiger charge is -2.38. The van der Waals surface area contributed by atoms with Gasteiger partial charge in [-0.1, -0.05) is 12.1 Å². The number of amides is 1. The maximum absolute atomic E-state index is 13.1. The summed E-state index contributed by atoms with van der Waals surface area (Å²) in [6.07, 6.45) is 5.80. The van der Waals surface area contributed by atoms with E-state index in [0.717, 1.165) is 32.2 Å². The molecule has 25 heavy (non-hydrogen) atoms. The van der Waals surface area contributed by atoms with Gasteiger partial charge in [0.15, 0.2) is 5.78 Å². The van der Waals surface area contributed by atoms with Gasteiger partial charge >= 0.3 is 0 Å². The molecular formula is C21H25NO3. The van der Waals surface area contributed by atoms with Crippen molar-refractivity contribution in [2.75, 3.05) is 6.54 Å². The van der Waals surface area contributed by atoms with Crippen molar-refractivity contribution in [3.8, 4) is 5.75 Å². The summed E-state index contributed by atoms with van der Waals surface area (Å²) in [4.78, 5) is 27.9. The van der Waals surface area contributed by atoms with E-state index in [2.05, 4.69) is 11.8 Å². The fourth-order valence-electron chi connectivity index (χ4n) is 5.72. The lowest BCUT2D eigenvalue weighted by Crippen LogP contribution is -2.47. The second-order valence-electron chi connectivity index (χ2n) is 8.39. The molecule has 2 saturated carbocycles. The van der Waals surface area contributed by atoms with Crippen LogP contribution in [-0.2, 0) is 4.79 Å². The molecule has 2 heterocycles. The van der Waals surface area contributed by atoms with Crippen molar-refractivity contribution in [2.45, 2.75) is 57.1 Å². The summed E-state index contributed by atoms with van der Waals surface area (Å²) in [5.41, 5.74) is 0.264. The third-order valence-electron chi connectivity index (χ3n) is 7.01. The van der Waals surface area contributed by atoms with Gasteiger partial charge in [0.05, 0.1) is 12.0 Å². The number of para-hydroxylation sites is 1. The number of Topliss-reactive ketones (excluding diaryl/α,β-unsaturated/α-hetero) is 1. The zero-order valence-electron chi connectivity index (χ0n) is 14.7. The van der Waals surface area contributed by atoms with E-state index < -0.39 is 5.60 Å². The van der Waals surface area contributed by atoms with E-state index in [1.54, 1.807) is 0 Å². The van der Waals surface area contributed by atoms with Gasteiger partial charge in [-0.3, -0.25) is 9.59 Å². The molecule has 4 heteroatoms. The number of hydrogen-bond acceptors (Lipinski definition) is 3. The number of piperidine rings is 1. The molecule has 2 aliphatic heterocycles. The van der Waals surface area contributed by atoms with Gasteiger partial charge in [-0.2, -0.15) is 0 Å². The summed E-state index contributed by atoms with van der Waals surface area (Å²) in [6.45, 7) is 3.06. The van der Waals surface area contributed by atoms with Crippen LogP contribution < -0.4 is 4.74 Å². The van der Waals surface area contributed by atoms with Crippen LogP contribution in [0.25, 0.3) is 0 Å². The summed E-state index contributed by atoms with van der Waals surface area (Å²) < 4.78 is 6.41. The molecule has 0 unspecified atom stereocenters. The first-order valence-corrected chi connectivity index (χ1v) is 9.72. The van der Waals surface area contributed by atoms with Gasteiger partial charge in [-0.25, -0.2) is 0 Å². The molecule has 4 nitrogen and oxygen atoms in total. The molecule has 0 aromatic heterocycles. The minimum absolute atomic E-state index is 0.0763. The van der Waals surface area contributed by atoms with Crippen LogP contribution in [0, 0.1) is 17.8 Å². The van der Waals surface area contributed by atoms with Crippen LogP contribution in [-0.4, -0.2) is 34.8 Å². The van der Waals surface area contributed by atoms with Gasteiger partial charge < -0.3 is 9.64 Å². The predicted molar refractivity (Wildman–Crippen MR) is 93.5 cm³/mol. The Kier molecular flexibility index (Phi) is 3.28. The first-order valence-electron chi connectivity index (χ1n) is 9.72. The average Bonchev–Trinajstić information content (AvgIpc) is 3.26. The van der Waals surface area contributed by atoms with E-state index in [0.29, 0.717) is 35.6 Å². The largest absolute Gasteiger partial charge is 0.486 e. The monoisotopic (exact) mass is 339 g/mol. The van der Waals surface area contributed by atoms with Crippen LogP contribution in [0.1, 0.15) is 55.8 Å². The summed E-state index contributed by atoms with van der Waals surface area (Å²) >= 11 is 0. The average molecular weight is 339 g/mol. The van der Waals surface area contributed by atoms with Crippen LogP contribution >= 0.6 is 0 Å². The molecule has 0 radical (unpaired) electrons. The molecule has 5 atom stereocenters. The van der Waals surface area contributed by atoms with Crippen molar-refractivity contribution in [2.24, 2.45) is 17.8 Å². The number of likely N-dealkylation sites (tertiary alicyclic amines) is 1. The minimum Gasteiger partial charge on any atom is -0.486 e. The van der Waals surface area contributed by atoms with E-state index in [-0.39, 0.29) is 17.6 Å². The first kappa shape index (κ1) is 15.4. The molecule has 2 aliphatic carbocycles. The van der Waals surface area contributed by atoms with Crippen molar-refractivity contribution in [1.29, 1.82) is 0 Å². The Morgan fingerprint density at radius 2 is 2.08 bits per heavy atom. The van der Waals surface area contributed by atoms with Gasteiger partial charge in [0.25, 0.3) is 0 Å². The van der Waals surface area contributed by atoms with Crippen molar-refractivity contribution in [3.05, 3.63) is 29.8 Å². The van der Waals surface area contributed by atoms with Gasteiger partial charge in [-0.15, -0.1) is 0 Å². The summed E-state index contributed by atoms with van der Waals surface area (Å²) in [5.74, 6) is 1.92. The van der Waals surface area contributed by atoms with Gasteiger partial charge in [-0.05, 0) is 57.1 Å². The Balaban J connectivity index is 1.40. The Bertz CT molecular complexity index is 744. The number of benzene rings is 1. The number of nitrogens with zero attached hydrogens (tertiary/aromatic N) is 1. The molecule has 4 aliphatic rings. The predicted octanol–water partition coefficient (Wildman–Crippen LogP) is 3.45. The Hall–Kier alpha value is -1.84. The van der Waals surface area contributed by atoms with Crippen molar-refractivity contribution >= 4 is 11.7 Å². The zero-order chi connectivity index (χ0) is 17.2. The maximum Gasteiger partial charge on any atom is 0.226 e. The summed E-state index contributed by atoms with van der Waals surface area (Å²) in [5, 5.41) is 0. The molecule has 1 aromatic rings. The number of fused-ring (bicyclic) bond motifs is 3. The zero-order valence-corrected chi connectivity index (χ0v) is 14.7. The quantitative estimate of drug-likeness (QED) is 0.787. The highest BCUT2D eigenvalue weighted by atomic mass is 16.5. The second kappa shape index (κ2) is 5.33. The van der Waals surface area contributed by atoms with Crippen LogP contribution in [0.2, 0.25) is 0 Å². The second-order valence-corrected chi connectivity index (χ2v) is 8.39. The highest BCUT2D eigenvalue weighted by molar-refractivity contribution is 6.00. The Labute approximate surface area is 148 Å². The molecule has 0 bridgehead atoms. The maximum atomic E-state index is 13.1. The van der Waals surface area contributed by atoms with Crippen LogP contribution in [0.5, 0.6) is 5.75 Å². The summed E-state index contributed by atoms with van der Waals surface area (Å²) in [6, 6.07) is 7.90. The van der Waals surface area contributed by atoms with E-state index in [9.17, 15) is 9.59 Å². The van der Waals surface area contributed by atoms with Gasteiger partial charge in [0.1, 0.15) is 11.4 Å². The topological polar surface area (TPSA) is 46.6 Å². The molecular weight excluding hydrogens is 314 g/mol. The van der Waals surface area contributed by atoms with Crippen LogP contribution in [0.3, 0.4) is 0 Å². The van der Waals surface area contributed by atoms with Crippen LogP contribution in [0.4, 0.5) is 0 Å². The highest BCUT2D eigenvalue weighted by Crippen LogP contribution is 2.66. The number of ether oxygens (including phenoxy) is 1. The van der Waals surface area contributed by atoms with E-state index in [1.807, 2.05) is 24.3 Å². The number of carbonyl (C=O) groups excluding carboxylic acids is 2. The molecule has 1 amide bonds. The van der Waals surface area contributed by atoms with Gasteiger partial charge in [0.2, 0.25) is 5.91 Å². The highest BCUT2D eigenvalue weighted by Gasteiger charge is 2.71. The standard InChI is InChI=1S/C21H25NO3/c1-13-6-4-5-11-22(13)20(24)18-15-9-10-21(19(15)18)12-16(23)14-7-2-3-8-17(14)25-21/h2-3,7-8,13,15,18-19H,4-6,9-12H2,1H3/t13-,15+,18-,19-,21+/m1/s1. The molecule has 5 rings (SSSR count). The summed E-state index contributed by atoms with van der Waals surface area (Å²) in [7, 11) is 0. The molecule has 1 spiro atoms. The number of hydrogen-bond donors (Lipinski definition) is 0. The Morgan fingerprint density at radius 1 is 1.24 bits per heavy atom. The minimum atomic E-state index is -0.435. The van der Waals surface area contributed by atoms with Crippen molar-refractivity contribution < 1.29 is 14.3 Å². The fourth-order valence-corrected chi connectivity index (χ4v) is 5.72. The molecule has 1 aromatic carbocycles. The lowest BCUT2D eigenvalue weighted by molar-refractivity contribution is -0.137. The first-order chi connectivity index (χ1) is 12.1. The molecule has 0 N–H and O–H groups in total. The van der Waals surface area contributed by atoms with Crippen LogP contribution in [0.15, 0.2) is 24.3 Å². The number of rotatable bonds is 1. The third kappa shape index (κ3) is 2.19. The third-order valence-corrected chi connectivity index (χ3v) is 7.01.